The molecule has 0 saturated heterocycles. The number of H-pyrrole nitrogens is 1. The molecule has 0 saturated carbocycles. The Morgan fingerprint density at radius 2 is 1.85 bits per heavy atom. The van der Waals surface area contributed by atoms with Gasteiger partial charge in [-0.25, -0.2) is 9.97 Å². The van der Waals surface area contributed by atoms with Gasteiger partial charge in [0, 0.05) is 23.4 Å². The lowest BCUT2D eigenvalue weighted by atomic mass is 10.0. The van der Waals surface area contributed by atoms with E-state index in [0.29, 0.717) is 16.4 Å². The predicted molar refractivity (Wildman–Crippen MR) is 106 cm³/mol. The molecule has 0 aliphatic carbocycles. The minimum Gasteiger partial charge on any atom is -0.381 e. The average Bonchev–Trinajstić information content (AvgIpc) is 3.13. The monoisotopic (exact) mass is 378 g/mol. The Kier molecular flexibility index (Phi) is 4.21. The van der Waals surface area contributed by atoms with Crippen LogP contribution in [-0.4, -0.2) is 26.1 Å². The number of hydrogen-bond acceptors (Lipinski definition) is 5. The third-order valence-electron chi connectivity index (χ3n) is 4.04. The zero-order valence-electron chi connectivity index (χ0n) is 14.3. The molecule has 7 nitrogen and oxygen atoms in total. The number of nitrogen functional groups attached to an aromatic ring is 1. The zero-order chi connectivity index (χ0) is 19.0. The third-order valence-corrected chi connectivity index (χ3v) is 4.34. The molecular formula is C19H15ClN6O. The molecule has 134 valence electrons. The first kappa shape index (κ1) is 17.0. The summed E-state index contributed by atoms with van der Waals surface area (Å²) < 4.78 is 0. The van der Waals surface area contributed by atoms with E-state index >= 15 is 0 Å². The van der Waals surface area contributed by atoms with Gasteiger partial charge >= 0.3 is 0 Å². The molecule has 8 heteroatoms. The van der Waals surface area contributed by atoms with Crippen LogP contribution in [0.15, 0.2) is 48.7 Å². The van der Waals surface area contributed by atoms with Crippen molar-refractivity contribution in [3.05, 3.63) is 53.7 Å². The summed E-state index contributed by atoms with van der Waals surface area (Å²) in [5, 5.41) is 10.9. The molecule has 2 heterocycles. The number of nitrogens with two attached hydrogens (primary N) is 1. The molecule has 4 N–H and O–H groups in total. The number of carbonyl (C=O) groups is 1. The summed E-state index contributed by atoms with van der Waals surface area (Å²) in [4.78, 5) is 20.6. The number of anilines is 2. The minimum atomic E-state index is -0.280. The second kappa shape index (κ2) is 6.69. The highest BCUT2D eigenvalue weighted by atomic mass is 35.5. The molecule has 0 atom stereocenters. The Hall–Kier alpha value is -3.45. The van der Waals surface area contributed by atoms with E-state index in [-0.39, 0.29) is 17.5 Å². The molecule has 0 fully saturated rings. The van der Waals surface area contributed by atoms with Gasteiger partial charge in [0.05, 0.1) is 28.1 Å². The maximum atomic E-state index is 11.5. The Balaban J connectivity index is 1.99. The molecule has 2 aromatic heterocycles. The van der Waals surface area contributed by atoms with Gasteiger partial charge in [0.1, 0.15) is 0 Å². The summed E-state index contributed by atoms with van der Waals surface area (Å²) in [5.41, 5.74) is 9.52. The first-order valence-corrected chi connectivity index (χ1v) is 8.54. The van der Waals surface area contributed by atoms with Gasteiger partial charge in [-0.15, -0.1) is 0 Å². The smallest absolute Gasteiger partial charge is 0.222 e. The molecule has 4 rings (SSSR count). The Labute approximate surface area is 159 Å². The SMILES string of the molecule is CC(=O)Nc1nc(-c2cc(Cl)c3[nH]ncc3c2)c(-c2ccccc2)nc1N. The van der Waals surface area contributed by atoms with Gasteiger partial charge in [0.15, 0.2) is 11.6 Å². The highest BCUT2D eigenvalue weighted by molar-refractivity contribution is 6.35. The number of carbonyl (C=O) groups excluding carboxylic acids is 1. The van der Waals surface area contributed by atoms with Crippen molar-refractivity contribution in [3.63, 3.8) is 0 Å². The lowest BCUT2D eigenvalue weighted by molar-refractivity contribution is -0.114. The first-order valence-electron chi connectivity index (χ1n) is 8.16. The van der Waals surface area contributed by atoms with Crippen LogP contribution < -0.4 is 11.1 Å². The largest absolute Gasteiger partial charge is 0.381 e. The molecule has 0 spiro atoms. The van der Waals surface area contributed by atoms with Crippen LogP contribution in [0, 0.1) is 0 Å². The molecule has 0 radical (unpaired) electrons. The second-order valence-electron chi connectivity index (χ2n) is 5.99. The normalized spacial score (nSPS) is 10.9. The van der Waals surface area contributed by atoms with Gasteiger partial charge in [-0.05, 0) is 12.1 Å². The van der Waals surface area contributed by atoms with E-state index in [1.807, 2.05) is 36.4 Å². The van der Waals surface area contributed by atoms with E-state index in [1.54, 1.807) is 12.3 Å². The first-order chi connectivity index (χ1) is 13.0. The number of hydrogen-bond donors (Lipinski definition) is 3. The minimum absolute atomic E-state index is 0.142. The standard InChI is InChI=1S/C19H15ClN6O/c1-10(27)23-19-18(21)24-16(11-5-3-2-4-6-11)17(25-19)12-7-13-9-22-26-15(13)14(20)8-12/h2-9H,1H3,(H2,21,24)(H,22,26)(H,23,25,27). The number of benzene rings is 2. The molecule has 0 unspecified atom stereocenters. The van der Waals surface area contributed by atoms with Crippen molar-refractivity contribution >= 4 is 40.0 Å². The van der Waals surface area contributed by atoms with E-state index in [9.17, 15) is 4.79 Å². The summed E-state index contributed by atoms with van der Waals surface area (Å²) in [7, 11) is 0. The van der Waals surface area contributed by atoms with Crippen molar-refractivity contribution in [3.8, 4) is 22.5 Å². The summed E-state index contributed by atoms with van der Waals surface area (Å²) >= 11 is 6.39. The van der Waals surface area contributed by atoms with E-state index < -0.39 is 0 Å². The molecule has 0 aliphatic rings. The van der Waals surface area contributed by atoms with Crippen LogP contribution in [0.3, 0.4) is 0 Å². The van der Waals surface area contributed by atoms with Crippen LogP contribution in [-0.2, 0) is 4.79 Å². The van der Waals surface area contributed by atoms with Crippen molar-refractivity contribution < 1.29 is 4.79 Å². The molecule has 1 amide bonds. The van der Waals surface area contributed by atoms with Gasteiger partial charge in [0.2, 0.25) is 5.91 Å². The van der Waals surface area contributed by atoms with Gasteiger partial charge in [-0.2, -0.15) is 5.10 Å². The molecule has 4 aromatic rings. The summed E-state index contributed by atoms with van der Waals surface area (Å²) in [5.74, 6) is 0.0709. The van der Waals surface area contributed by atoms with Crippen molar-refractivity contribution in [2.75, 3.05) is 11.1 Å². The number of nitrogens with zero attached hydrogens (tertiary/aromatic N) is 3. The second-order valence-corrected chi connectivity index (χ2v) is 6.40. The van der Waals surface area contributed by atoms with Crippen molar-refractivity contribution in [2.45, 2.75) is 6.92 Å². The molecule has 0 aliphatic heterocycles. The third kappa shape index (κ3) is 3.20. The van der Waals surface area contributed by atoms with Crippen LogP contribution in [0.25, 0.3) is 33.4 Å². The van der Waals surface area contributed by atoms with Crippen LogP contribution in [0.1, 0.15) is 6.92 Å². The van der Waals surface area contributed by atoms with E-state index in [0.717, 1.165) is 22.0 Å². The van der Waals surface area contributed by atoms with Crippen molar-refractivity contribution in [1.29, 1.82) is 0 Å². The van der Waals surface area contributed by atoms with Crippen LogP contribution in [0.2, 0.25) is 5.02 Å². The van der Waals surface area contributed by atoms with Crippen molar-refractivity contribution in [2.24, 2.45) is 0 Å². The summed E-state index contributed by atoms with van der Waals surface area (Å²) in [6.07, 6.45) is 1.69. The highest BCUT2D eigenvalue weighted by Gasteiger charge is 2.17. The number of aromatic amines is 1. The molecule has 0 bridgehead atoms. The van der Waals surface area contributed by atoms with Crippen LogP contribution in [0.4, 0.5) is 11.6 Å². The number of nitrogens with one attached hydrogen (secondary N) is 2. The quantitative estimate of drug-likeness (QED) is 0.501. The fourth-order valence-corrected chi connectivity index (χ4v) is 3.13. The topological polar surface area (TPSA) is 110 Å². The maximum Gasteiger partial charge on any atom is 0.222 e. The predicted octanol–water partition coefficient (Wildman–Crippen LogP) is 3.88. The summed E-state index contributed by atoms with van der Waals surface area (Å²) in [6, 6.07) is 13.3. The number of aromatic nitrogens is 4. The number of rotatable bonds is 3. The van der Waals surface area contributed by atoms with E-state index in [2.05, 4.69) is 25.5 Å². The average molecular weight is 379 g/mol. The fourth-order valence-electron chi connectivity index (χ4n) is 2.86. The van der Waals surface area contributed by atoms with Gasteiger partial charge in [0.25, 0.3) is 0 Å². The van der Waals surface area contributed by atoms with Crippen molar-refractivity contribution in [1.82, 2.24) is 20.2 Å². The number of amides is 1. The van der Waals surface area contributed by atoms with E-state index in [4.69, 9.17) is 17.3 Å². The number of halogens is 1. The van der Waals surface area contributed by atoms with Gasteiger partial charge in [-0.3, -0.25) is 9.89 Å². The van der Waals surface area contributed by atoms with Crippen LogP contribution >= 0.6 is 11.6 Å². The van der Waals surface area contributed by atoms with Gasteiger partial charge < -0.3 is 11.1 Å². The zero-order valence-corrected chi connectivity index (χ0v) is 15.1. The Bertz CT molecular complexity index is 1160. The number of fused-ring (bicyclic) bond motifs is 1. The Morgan fingerprint density at radius 3 is 2.59 bits per heavy atom. The Morgan fingerprint density at radius 1 is 1.11 bits per heavy atom. The molecular weight excluding hydrogens is 364 g/mol. The van der Waals surface area contributed by atoms with Crippen LogP contribution in [0.5, 0.6) is 0 Å². The maximum absolute atomic E-state index is 11.5. The van der Waals surface area contributed by atoms with E-state index in [1.165, 1.54) is 6.92 Å². The van der Waals surface area contributed by atoms with Gasteiger partial charge in [-0.1, -0.05) is 41.9 Å². The fraction of sp³-hybridized carbons (Fsp3) is 0.0526. The lowest BCUT2D eigenvalue weighted by Gasteiger charge is -2.13. The molecule has 27 heavy (non-hydrogen) atoms. The lowest BCUT2D eigenvalue weighted by Crippen LogP contribution is -2.12. The molecule has 2 aromatic carbocycles. The summed E-state index contributed by atoms with van der Waals surface area (Å²) in [6.45, 7) is 1.39. The highest BCUT2D eigenvalue weighted by Crippen LogP contribution is 2.35.